The Morgan fingerprint density at radius 3 is 1.97 bits per heavy atom. The average Bonchev–Trinajstić information content (AvgIpc) is 3.87. The fourth-order valence-corrected chi connectivity index (χ4v) is 3.65. The lowest BCUT2D eigenvalue weighted by Gasteiger charge is -2.15. The van der Waals surface area contributed by atoms with E-state index >= 15 is 0 Å². The van der Waals surface area contributed by atoms with E-state index in [0.717, 1.165) is 30.1 Å². The molecule has 36 heavy (non-hydrogen) atoms. The average molecular weight is 487 g/mol. The molecule has 190 valence electrons. The molecule has 0 saturated heterocycles. The monoisotopic (exact) mass is 486 g/mol. The van der Waals surface area contributed by atoms with Gasteiger partial charge >= 0.3 is 0 Å². The van der Waals surface area contributed by atoms with Crippen LogP contribution in [-0.4, -0.2) is 19.8 Å². The quantitative estimate of drug-likeness (QED) is 0.228. The second-order valence-corrected chi connectivity index (χ2v) is 8.58. The first-order valence-electron chi connectivity index (χ1n) is 12.4. The van der Waals surface area contributed by atoms with Crippen LogP contribution in [0.5, 0.6) is 0 Å². The third kappa shape index (κ3) is 8.88. The van der Waals surface area contributed by atoms with Crippen LogP contribution in [0.1, 0.15) is 48.9 Å². The second kappa shape index (κ2) is 15.4. The number of para-hydroxylation sites is 1. The third-order valence-electron chi connectivity index (χ3n) is 5.87. The number of benzene rings is 3. The van der Waals surface area contributed by atoms with Gasteiger partial charge in [0.2, 0.25) is 0 Å². The maximum Gasteiger partial charge on any atom is 0.146 e. The zero-order valence-electron chi connectivity index (χ0n) is 21.4. The molecular formula is C31H39FN4. The Morgan fingerprint density at radius 1 is 0.972 bits per heavy atom. The third-order valence-corrected chi connectivity index (χ3v) is 5.87. The number of terminal acetylenes is 1. The van der Waals surface area contributed by atoms with Gasteiger partial charge in [0.15, 0.2) is 0 Å². The number of halogens is 1. The van der Waals surface area contributed by atoms with Crippen molar-refractivity contribution >= 4 is 11.4 Å². The molecule has 5 rings (SSSR count). The van der Waals surface area contributed by atoms with Crippen LogP contribution in [0.2, 0.25) is 0 Å². The largest absolute Gasteiger partial charge is 0.382 e. The van der Waals surface area contributed by atoms with Gasteiger partial charge in [-0.15, -0.1) is 12.8 Å². The van der Waals surface area contributed by atoms with E-state index in [-0.39, 0.29) is 18.0 Å². The lowest BCUT2D eigenvalue weighted by Crippen LogP contribution is -2.36. The summed E-state index contributed by atoms with van der Waals surface area (Å²) < 4.78 is 14.0. The van der Waals surface area contributed by atoms with Crippen LogP contribution in [0.4, 0.5) is 10.1 Å². The molecule has 1 saturated carbocycles. The minimum atomic E-state index is -0.239. The molecule has 0 heterocycles. The van der Waals surface area contributed by atoms with Gasteiger partial charge < -0.3 is 21.7 Å². The van der Waals surface area contributed by atoms with Crippen LogP contribution in [0.15, 0.2) is 85.4 Å². The Bertz CT molecular complexity index is 1030. The number of nitrogens with one attached hydrogen (secondary N) is 3. The van der Waals surface area contributed by atoms with Crippen molar-refractivity contribution in [3.63, 3.8) is 0 Å². The molecular weight excluding hydrogens is 447 g/mol. The lowest BCUT2D eigenvalue weighted by atomic mass is 10.1. The summed E-state index contributed by atoms with van der Waals surface area (Å²) >= 11 is 0. The highest BCUT2D eigenvalue weighted by atomic mass is 19.1. The molecule has 0 radical (unpaired) electrons. The number of hydrogen-bond donors (Lipinski definition) is 4. The van der Waals surface area contributed by atoms with Crippen LogP contribution in [-0.2, 0) is 0 Å². The number of fused-ring (bicyclic) bond motifs is 1. The van der Waals surface area contributed by atoms with Gasteiger partial charge in [0.05, 0.1) is 17.9 Å². The van der Waals surface area contributed by atoms with E-state index in [1.807, 2.05) is 61.6 Å². The van der Waals surface area contributed by atoms with E-state index in [1.54, 1.807) is 6.07 Å². The van der Waals surface area contributed by atoms with Crippen molar-refractivity contribution in [2.24, 2.45) is 11.7 Å². The summed E-state index contributed by atoms with van der Waals surface area (Å²) in [6.07, 6.45) is 11.9. The van der Waals surface area contributed by atoms with Gasteiger partial charge in [-0.3, -0.25) is 0 Å². The summed E-state index contributed by atoms with van der Waals surface area (Å²) in [5.74, 6) is 0.544. The van der Waals surface area contributed by atoms with Gasteiger partial charge in [0, 0.05) is 17.8 Å². The fraction of sp³-hybridized carbons (Fsp3) is 0.290. The van der Waals surface area contributed by atoms with Crippen LogP contribution < -0.4 is 21.7 Å². The van der Waals surface area contributed by atoms with Crippen LogP contribution in [0.3, 0.4) is 0 Å². The van der Waals surface area contributed by atoms with Crippen LogP contribution in [0.25, 0.3) is 5.70 Å². The van der Waals surface area contributed by atoms with Gasteiger partial charge in [0.25, 0.3) is 0 Å². The standard InChI is InChI=1S/C18H19FN2.C6H6.C5H12N2.C2H2/c1-3-11-20-18-13(9-6-10-16(18)19)12(2)21-17-14-7-4-5-8-15(14)17;1-2-4-6-5-3-1;1-7-5(6)4-2-3-4;1-2/h4-10,17,20-21H,2-3,11H2,1H3;1-6H;4-5,7H,2-3,6H2,1H3;1-2H. The SMILES string of the molecule is C#C.C=C(NC1c2ccccc21)c1cccc(F)c1NCCC.CNC(N)C1CC1.c1ccccc1. The zero-order chi connectivity index (χ0) is 26.3. The van der Waals surface area contributed by atoms with E-state index in [1.165, 1.54) is 30.0 Å². The molecule has 5 heteroatoms. The topological polar surface area (TPSA) is 62.1 Å². The maximum atomic E-state index is 14.0. The van der Waals surface area contributed by atoms with Crippen molar-refractivity contribution in [2.75, 3.05) is 18.9 Å². The summed E-state index contributed by atoms with van der Waals surface area (Å²) in [5.41, 5.74) is 10.2. The van der Waals surface area contributed by atoms with Crippen LogP contribution >= 0.6 is 0 Å². The molecule has 1 atom stereocenters. The number of nitrogens with two attached hydrogens (primary N) is 1. The summed E-state index contributed by atoms with van der Waals surface area (Å²) in [6.45, 7) is 6.88. The molecule has 0 aliphatic heterocycles. The molecule has 2 aliphatic carbocycles. The Morgan fingerprint density at radius 2 is 1.53 bits per heavy atom. The van der Waals surface area contributed by atoms with E-state index in [9.17, 15) is 4.39 Å². The second-order valence-electron chi connectivity index (χ2n) is 8.58. The van der Waals surface area contributed by atoms with E-state index < -0.39 is 0 Å². The predicted molar refractivity (Wildman–Crippen MR) is 152 cm³/mol. The van der Waals surface area contributed by atoms with Crippen molar-refractivity contribution in [1.82, 2.24) is 10.6 Å². The Balaban J connectivity index is 0.000000247. The first-order valence-corrected chi connectivity index (χ1v) is 12.4. The molecule has 0 spiro atoms. The van der Waals surface area contributed by atoms with Crippen molar-refractivity contribution in [3.05, 3.63) is 108 Å². The smallest absolute Gasteiger partial charge is 0.146 e. The van der Waals surface area contributed by atoms with Crippen molar-refractivity contribution in [1.29, 1.82) is 0 Å². The molecule has 0 bridgehead atoms. The molecule has 1 unspecified atom stereocenters. The summed E-state index contributed by atoms with van der Waals surface area (Å²) in [7, 11) is 1.91. The number of anilines is 1. The normalized spacial score (nSPS) is 13.6. The van der Waals surface area contributed by atoms with E-state index in [2.05, 4.69) is 54.4 Å². The maximum absolute atomic E-state index is 14.0. The van der Waals surface area contributed by atoms with Crippen molar-refractivity contribution in [3.8, 4) is 12.8 Å². The Labute approximate surface area is 216 Å². The number of hydrogen-bond acceptors (Lipinski definition) is 4. The summed E-state index contributed by atoms with van der Waals surface area (Å²) in [6, 6.07) is 25.6. The van der Waals surface area contributed by atoms with Gasteiger partial charge in [0.1, 0.15) is 5.82 Å². The highest BCUT2D eigenvalue weighted by Gasteiger charge is 2.32. The van der Waals surface area contributed by atoms with E-state index in [4.69, 9.17) is 5.73 Å². The fourth-order valence-electron chi connectivity index (χ4n) is 3.65. The predicted octanol–water partition coefficient (Wildman–Crippen LogP) is 6.15. The van der Waals surface area contributed by atoms with Gasteiger partial charge in [-0.05, 0) is 49.4 Å². The van der Waals surface area contributed by atoms with Crippen molar-refractivity contribution in [2.45, 2.75) is 38.4 Å². The molecule has 0 aromatic heterocycles. The first-order chi connectivity index (χ1) is 17.6. The summed E-state index contributed by atoms with van der Waals surface area (Å²) in [5, 5.41) is 9.53. The minimum absolute atomic E-state index is 0.217. The minimum Gasteiger partial charge on any atom is -0.382 e. The first kappa shape index (κ1) is 28.6. The Kier molecular flexibility index (Phi) is 12.3. The lowest BCUT2D eigenvalue weighted by molar-refractivity contribution is 0.522. The molecule has 1 fully saturated rings. The van der Waals surface area contributed by atoms with E-state index in [0.29, 0.717) is 5.69 Å². The molecule has 2 aliphatic rings. The molecule has 3 aromatic carbocycles. The van der Waals surface area contributed by atoms with Gasteiger partial charge in [-0.1, -0.05) is 86.3 Å². The van der Waals surface area contributed by atoms with Crippen LogP contribution in [0, 0.1) is 24.6 Å². The molecule has 0 amide bonds. The zero-order valence-corrected chi connectivity index (χ0v) is 21.4. The molecule has 4 nitrogen and oxygen atoms in total. The van der Waals surface area contributed by atoms with Crippen molar-refractivity contribution < 1.29 is 4.39 Å². The van der Waals surface area contributed by atoms with Gasteiger partial charge in [-0.2, -0.15) is 0 Å². The highest BCUT2D eigenvalue weighted by Crippen LogP contribution is 2.42. The van der Waals surface area contributed by atoms with Gasteiger partial charge in [-0.25, -0.2) is 4.39 Å². The molecule has 3 aromatic rings. The summed E-state index contributed by atoms with van der Waals surface area (Å²) in [4.78, 5) is 0. The number of rotatable bonds is 8. The highest BCUT2D eigenvalue weighted by molar-refractivity contribution is 5.76. The molecule has 5 N–H and O–H groups in total. The Hall–Kier alpha value is -3.59.